The number of rotatable bonds is 2. The Bertz CT molecular complexity index is 289. The SMILES string of the molecule is Fc1cccnc1S[C@@H]1CCOC1. The molecule has 1 atom stereocenters. The molecule has 0 amide bonds. The Morgan fingerprint density at radius 2 is 2.54 bits per heavy atom. The van der Waals surface area contributed by atoms with Crippen LogP contribution in [0.3, 0.4) is 0 Å². The van der Waals surface area contributed by atoms with Gasteiger partial charge < -0.3 is 4.74 Å². The Morgan fingerprint density at radius 3 is 3.23 bits per heavy atom. The zero-order valence-corrected chi connectivity index (χ0v) is 7.89. The third kappa shape index (κ3) is 2.19. The van der Waals surface area contributed by atoms with Crippen molar-refractivity contribution in [2.75, 3.05) is 13.2 Å². The molecule has 0 spiro atoms. The molecule has 0 bridgehead atoms. The molecule has 1 aliphatic heterocycles. The van der Waals surface area contributed by atoms with Crippen molar-refractivity contribution in [3.63, 3.8) is 0 Å². The van der Waals surface area contributed by atoms with Crippen molar-refractivity contribution in [2.45, 2.75) is 16.7 Å². The van der Waals surface area contributed by atoms with Crippen LogP contribution in [0.5, 0.6) is 0 Å². The molecule has 0 aromatic carbocycles. The molecule has 1 fully saturated rings. The molecule has 2 heterocycles. The van der Waals surface area contributed by atoms with Crippen LogP contribution < -0.4 is 0 Å². The van der Waals surface area contributed by atoms with Gasteiger partial charge in [0, 0.05) is 18.1 Å². The van der Waals surface area contributed by atoms with Gasteiger partial charge in [-0.05, 0) is 18.6 Å². The lowest BCUT2D eigenvalue weighted by Crippen LogP contribution is -2.01. The molecule has 2 nitrogen and oxygen atoms in total. The van der Waals surface area contributed by atoms with Crippen LogP contribution in [-0.2, 0) is 4.74 Å². The molecule has 0 unspecified atom stereocenters. The second kappa shape index (κ2) is 4.07. The third-order valence-corrected chi connectivity index (χ3v) is 3.12. The molecule has 0 N–H and O–H groups in total. The highest BCUT2D eigenvalue weighted by atomic mass is 32.2. The van der Waals surface area contributed by atoms with E-state index in [1.807, 2.05) is 0 Å². The van der Waals surface area contributed by atoms with Crippen LogP contribution in [0.25, 0.3) is 0 Å². The minimum atomic E-state index is -0.237. The zero-order valence-electron chi connectivity index (χ0n) is 7.07. The van der Waals surface area contributed by atoms with Gasteiger partial charge in [-0.25, -0.2) is 9.37 Å². The van der Waals surface area contributed by atoms with E-state index in [1.165, 1.54) is 17.8 Å². The maximum absolute atomic E-state index is 13.1. The Hall–Kier alpha value is -0.610. The van der Waals surface area contributed by atoms with Gasteiger partial charge in [-0.3, -0.25) is 0 Å². The molecule has 1 saturated heterocycles. The molecule has 0 aliphatic carbocycles. The summed E-state index contributed by atoms with van der Waals surface area (Å²) in [7, 11) is 0. The molecule has 2 rings (SSSR count). The van der Waals surface area contributed by atoms with Crippen LogP contribution in [0.2, 0.25) is 0 Å². The monoisotopic (exact) mass is 199 g/mol. The first-order valence-electron chi connectivity index (χ1n) is 4.21. The van der Waals surface area contributed by atoms with Crippen molar-refractivity contribution in [3.05, 3.63) is 24.1 Å². The van der Waals surface area contributed by atoms with Crippen molar-refractivity contribution in [2.24, 2.45) is 0 Å². The summed E-state index contributed by atoms with van der Waals surface area (Å²) in [4.78, 5) is 3.97. The van der Waals surface area contributed by atoms with Gasteiger partial charge in [-0.2, -0.15) is 0 Å². The summed E-state index contributed by atoms with van der Waals surface area (Å²) in [5, 5.41) is 0.849. The van der Waals surface area contributed by atoms with E-state index in [4.69, 9.17) is 4.74 Å². The van der Waals surface area contributed by atoms with Gasteiger partial charge in [-0.1, -0.05) is 11.8 Å². The molecule has 1 aliphatic rings. The van der Waals surface area contributed by atoms with Crippen molar-refractivity contribution in [1.29, 1.82) is 0 Å². The summed E-state index contributed by atoms with van der Waals surface area (Å²) in [6.07, 6.45) is 2.60. The molecule has 1 aromatic rings. The van der Waals surface area contributed by atoms with Crippen LogP contribution in [0.15, 0.2) is 23.4 Å². The maximum atomic E-state index is 13.1. The zero-order chi connectivity index (χ0) is 9.10. The first kappa shape index (κ1) is 8.97. The van der Waals surface area contributed by atoms with E-state index in [1.54, 1.807) is 12.3 Å². The summed E-state index contributed by atoms with van der Waals surface area (Å²) >= 11 is 1.47. The number of halogens is 1. The molecule has 0 saturated carbocycles. The lowest BCUT2D eigenvalue weighted by atomic mass is 10.4. The predicted molar refractivity (Wildman–Crippen MR) is 49.3 cm³/mol. The minimum Gasteiger partial charge on any atom is -0.380 e. The summed E-state index contributed by atoms with van der Waals surface area (Å²) in [6, 6.07) is 3.04. The molecule has 70 valence electrons. The third-order valence-electron chi connectivity index (χ3n) is 1.89. The minimum absolute atomic E-state index is 0.237. The number of ether oxygens (including phenoxy) is 1. The lowest BCUT2D eigenvalue weighted by molar-refractivity contribution is 0.199. The number of aromatic nitrogens is 1. The van der Waals surface area contributed by atoms with Crippen molar-refractivity contribution in [1.82, 2.24) is 4.98 Å². The van der Waals surface area contributed by atoms with E-state index in [2.05, 4.69) is 4.98 Å². The molecular formula is C9H10FNOS. The number of thioether (sulfide) groups is 1. The summed E-state index contributed by atoms with van der Waals surface area (Å²) < 4.78 is 18.3. The highest BCUT2D eigenvalue weighted by molar-refractivity contribution is 7.99. The van der Waals surface area contributed by atoms with Gasteiger partial charge >= 0.3 is 0 Å². The van der Waals surface area contributed by atoms with Gasteiger partial charge in [0.05, 0.1) is 6.61 Å². The van der Waals surface area contributed by atoms with Crippen molar-refractivity contribution < 1.29 is 9.13 Å². The fourth-order valence-electron chi connectivity index (χ4n) is 1.22. The fourth-order valence-corrected chi connectivity index (χ4v) is 2.22. The van der Waals surface area contributed by atoms with Crippen LogP contribution in [0, 0.1) is 5.82 Å². The van der Waals surface area contributed by atoms with Gasteiger partial charge in [0.1, 0.15) is 5.03 Å². The summed E-state index contributed by atoms with van der Waals surface area (Å²) in [5.74, 6) is -0.237. The van der Waals surface area contributed by atoms with E-state index >= 15 is 0 Å². The Morgan fingerprint density at radius 1 is 1.62 bits per heavy atom. The van der Waals surface area contributed by atoms with Crippen LogP contribution in [-0.4, -0.2) is 23.4 Å². The highest BCUT2D eigenvalue weighted by Crippen LogP contribution is 2.28. The highest BCUT2D eigenvalue weighted by Gasteiger charge is 2.18. The van der Waals surface area contributed by atoms with E-state index in [9.17, 15) is 4.39 Å². The van der Waals surface area contributed by atoms with Gasteiger partial charge in [0.15, 0.2) is 5.82 Å². The topological polar surface area (TPSA) is 22.1 Å². The number of hydrogen-bond acceptors (Lipinski definition) is 3. The largest absolute Gasteiger partial charge is 0.380 e. The Labute approximate surface area is 80.5 Å². The summed E-state index contributed by atoms with van der Waals surface area (Å²) in [6.45, 7) is 1.49. The van der Waals surface area contributed by atoms with E-state index in [-0.39, 0.29) is 5.82 Å². The molecule has 0 radical (unpaired) electrons. The first-order valence-corrected chi connectivity index (χ1v) is 5.09. The van der Waals surface area contributed by atoms with E-state index in [0.717, 1.165) is 13.0 Å². The number of pyridine rings is 1. The molecule has 13 heavy (non-hydrogen) atoms. The average molecular weight is 199 g/mol. The van der Waals surface area contributed by atoms with Crippen LogP contribution in [0.1, 0.15) is 6.42 Å². The smallest absolute Gasteiger partial charge is 0.155 e. The second-order valence-corrected chi connectivity index (χ2v) is 4.18. The lowest BCUT2D eigenvalue weighted by Gasteiger charge is -2.05. The van der Waals surface area contributed by atoms with Crippen molar-refractivity contribution >= 4 is 11.8 Å². The van der Waals surface area contributed by atoms with Gasteiger partial charge in [0.2, 0.25) is 0 Å². The maximum Gasteiger partial charge on any atom is 0.155 e. The molecule has 4 heteroatoms. The van der Waals surface area contributed by atoms with E-state index < -0.39 is 0 Å². The summed E-state index contributed by atoms with van der Waals surface area (Å²) in [5.41, 5.74) is 0. The predicted octanol–water partition coefficient (Wildman–Crippen LogP) is 2.10. The molecular weight excluding hydrogens is 189 g/mol. The Balaban J connectivity index is 2.04. The van der Waals surface area contributed by atoms with Gasteiger partial charge in [0.25, 0.3) is 0 Å². The normalized spacial score (nSPS) is 22.1. The molecule has 1 aromatic heterocycles. The fraction of sp³-hybridized carbons (Fsp3) is 0.444. The number of hydrogen-bond donors (Lipinski definition) is 0. The Kier molecular flexibility index (Phi) is 2.80. The van der Waals surface area contributed by atoms with Crippen LogP contribution in [0.4, 0.5) is 4.39 Å². The van der Waals surface area contributed by atoms with Crippen LogP contribution >= 0.6 is 11.8 Å². The van der Waals surface area contributed by atoms with Crippen molar-refractivity contribution in [3.8, 4) is 0 Å². The number of nitrogens with zero attached hydrogens (tertiary/aromatic N) is 1. The average Bonchev–Trinajstić information content (AvgIpc) is 2.61. The first-order chi connectivity index (χ1) is 6.36. The van der Waals surface area contributed by atoms with Gasteiger partial charge in [-0.15, -0.1) is 0 Å². The standard InChI is InChI=1S/C9H10FNOS/c10-8-2-1-4-11-9(8)13-7-3-5-12-6-7/h1-2,4,7H,3,5-6H2/t7-/m1/s1. The van der Waals surface area contributed by atoms with E-state index in [0.29, 0.717) is 16.9 Å². The second-order valence-electron chi connectivity index (χ2n) is 2.89. The quantitative estimate of drug-likeness (QED) is 0.728.